The largest absolute Gasteiger partial charge is 0.457 e. The van der Waals surface area contributed by atoms with Gasteiger partial charge >= 0.3 is 0 Å². The van der Waals surface area contributed by atoms with E-state index in [1.807, 2.05) is 0 Å². The minimum atomic E-state index is -0.136. The second kappa shape index (κ2) is 6.86. The number of nitrogens with one attached hydrogen (secondary N) is 1. The molecule has 0 unspecified atom stereocenters. The molecule has 6 heteroatoms. The molecule has 1 amide bonds. The lowest BCUT2D eigenvalue weighted by Crippen LogP contribution is -2.25. The van der Waals surface area contributed by atoms with Crippen molar-refractivity contribution in [2.24, 2.45) is 5.73 Å². The summed E-state index contributed by atoms with van der Waals surface area (Å²) in [6.07, 6.45) is 2.19. The smallest absolute Gasteiger partial charge is 0.254 e. The van der Waals surface area contributed by atoms with Crippen LogP contribution in [0.25, 0.3) is 0 Å². The maximum atomic E-state index is 11.3. The van der Waals surface area contributed by atoms with Gasteiger partial charge in [-0.25, -0.2) is 0 Å². The van der Waals surface area contributed by atoms with Crippen molar-refractivity contribution in [1.82, 2.24) is 5.32 Å². The van der Waals surface area contributed by atoms with Gasteiger partial charge in [-0.3, -0.25) is 4.79 Å². The van der Waals surface area contributed by atoms with Gasteiger partial charge in [-0.05, 0) is 28.9 Å². The van der Waals surface area contributed by atoms with Crippen molar-refractivity contribution in [2.75, 3.05) is 13.1 Å². The van der Waals surface area contributed by atoms with Crippen LogP contribution in [0, 0.1) is 0 Å². The number of amides is 1. The number of halogens is 2. The van der Waals surface area contributed by atoms with E-state index in [9.17, 15) is 4.79 Å². The van der Waals surface area contributed by atoms with Crippen LogP contribution in [0.3, 0.4) is 0 Å². The van der Waals surface area contributed by atoms with Gasteiger partial charge in [0.1, 0.15) is 6.26 Å². The van der Waals surface area contributed by atoms with Gasteiger partial charge in [0.2, 0.25) is 0 Å². The molecule has 0 radical (unpaired) electrons. The Morgan fingerprint density at radius 3 is 2.86 bits per heavy atom. The quantitative estimate of drug-likeness (QED) is 0.824. The third-order valence-corrected chi connectivity index (χ3v) is 1.91. The van der Waals surface area contributed by atoms with E-state index in [0.717, 1.165) is 6.42 Å². The van der Waals surface area contributed by atoms with Crippen LogP contribution >= 0.6 is 28.3 Å². The van der Waals surface area contributed by atoms with Crippen molar-refractivity contribution < 1.29 is 9.21 Å². The molecule has 1 heterocycles. The van der Waals surface area contributed by atoms with E-state index in [-0.39, 0.29) is 18.3 Å². The molecule has 0 saturated heterocycles. The van der Waals surface area contributed by atoms with Crippen LogP contribution in [-0.4, -0.2) is 19.0 Å². The summed E-state index contributed by atoms with van der Waals surface area (Å²) in [5.41, 5.74) is 5.80. The molecule has 4 nitrogen and oxygen atoms in total. The molecule has 1 aromatic heterocycles. The molecule has 3 N–H and O–H groups in total. The zero-order chi connectivity index (χ0) is 9.68. The fourth-order valence-electron chi connectivity index (χ4n) is 0.835. The first-order valence-electron chi connectivity index (χ1n) is 3.96. The highest BCUT2D eigenvalue weighted by Crippen LogP contribution is 2.13. The first-order valence-corrected chi connectivity index (χ1v) is 4.75. The maximum absolute atomic E-state index is 11.3. The number of hydrogen-bond acceptors (Lipinski definition) is 3. The molecule has 0 aliphatic carbocycles. The van der Waals surface area contributed by atoms with E-state index in [2.05, 4.69) is 21.2 Å². The second-order valence-electron chi connectivity index (χ2n) is 2.54. The van der Waals surface area contributed by atoms with E-state index >= 15 is 0 Å². The average molecular weight is 284 g/mol. The highest BCUT2D eigenvalue weighted by Gasteiger charge is 2.07. The van der Waals surface area contributed by atoms with Gasteiger partial charge in [-0.1, -0.05) is 0 Å². The highest BCUT2D eigenvalue weighted by atomic mass is 79.9. The first kappa shape index (κ1) is 13.5. The zero-order valence-corrected chi connectivity index (χ0v) is 9.86. The predicted molar refractivity (Wildman–Crippen MR) is 59.7 cm³/mol. The summed E-state index contributed by atoms with van der Waals surface area (Å²) in [6, 6.07) is 1.62. The lowest BCUT2D eigenvalue weighted by Gasteiger charge is -2.00. The number of hydrogen-bond donors (Lipinski definition) is 2. The maximum Gasteiger partial charge on any atom is 0.254 e. The van der Waals surface area contributed by atoms with Gasteiger partial charge < -0.3 is 15.5 Å². The number of furan rings is 1. The molecular weight excluding hydrogens is 271 g/mol. The van der Waals surface area contributed by atoms with Crippen LogP contribution in [0.2, 0.25) is 0 Å². The third kappa shape index (κ3) is 4.13. The fourth-order valence-corrected chi connectivity index (χ4v) is 1.18. The molecule has 80 valence electrons. The Kier molecular flexibility index (Phi) is 6.61. The number of carbonyl (C=O) groups is 1. The van der Waals surface area contributed by atoms with Crippen LogP contribution in [0.4, 0.5) is 0 Å². The molecule has 0 spiro atoms. The Balaban J connectivity index is 0.00000169. The summed E-state index contributed by atoms with van der Waals surface area (Å²) in [5.74, 6) is -0.136. The summed E-state index contributed by atoms with van der Waals surface area (Å²) in [6.45, 7) is 1.17. The van der Waals surface area contributed by atoms with Crippen molar-refractivity contribution in [1.29, 1.82) is 0 Å². The topological polar surface area (TPSA) is 68.3 Å². The number of rotatable bonds is 4. The van der Waals surface area contributed by atoms with Crippen molar-refractivity contribution in [3.8, 4) is 0 Å². The van der Waals surface area contributed by atoms with Crippen molar-refractivity contribution in [2.45, 2.75) is 6.42 Å². The number of carbonyl (C=O) groups excluding carboxylic acids is 1. The molecule has 0 saturated carbocycles. The summed E-state index contributed by atoms with van der Waals surface area (Å²) in [4.78, 5) is 11.3. The lowest BCUT2D eigenvalue weighted by atomic mass is 10.3. The molecule has 0 fully saturated rings. The minimum Gasteiger partial charge on any atom is -0.457 e. The Bertz CT molecular complexity index is 291. The highest BCUT2D eigenvalue weighted by molar-refractivity contribution is 9.10. The van der Waals surface area contributed by atoms with E-state index in [1.54, 1.807) is 6.07 Å². The molecule has 0 bridgehead atoms. The van der Waals surface area contributed by atoms with Gasteiger partial charge in [0.05, 0.1) is 5.56 Å². The van der Waals surface area contributed by atoms with Crippen LogP contribution in [0.15, 0.2) is 21.4 Å². The second-order valence-corrected chi connectivity index (χ2v) is 3.32. The molecule has 0 atom stereocenters. The van der Waals surface area contributed by atoms with E-state index in [0.29, 0.717) is 23.3 Å². The van der Waals surface area contributed by atoms with Crippen LogP contribution in [0.5, 0.6) is 0 Å². The summed E-state index contributed by atoms with van der Waals surface area (Å²) in [5, 5.41) is 2.71. The van der Waals surface area contributed by atoms with Crippen molar-refractivity contribution in [3.63, 3.8) is 0 Å². The summed E-state index contributed by atoms with van der Waals surface area (Å²) < 4.78 is 5.48. The molecule has 14 heavy (non-hydrogen) atoms. The van der Waals surface area contributed by atoms with E-state index < -0.39 is 0 Å². The molecule has 0 aliphatic heterocycles. The predicted octanol–water partition coefficient (Wildman–Crippen LogP) is 1.54. The van der Waals surface area contributed by atoms with Crippen molar-refractivity contribution in [3.05, 3.63) is 22.6 Å². The van der Waals surface area contributed by atoms with Gasteiger partial charge in [0.25, 0.3) is 5.91 Å². The normalized spacial score (nSPS) is 9.29. The Hall–Kier alpha value is -0.520. The SMILES string of the molecule is Cl.NCCCNC(=O)c1coc(Br)c1. The molecule has 0 aromatic carbocycles. The average Bonchev–Trinajstić information content (AvgIpc) is 2.52. The van der Waals surface area contributed by atoms with Gasteiger partial charge in [0, 0.05) is 12.6 Å². The lowest BCUT2D eigenvalue weighted by molar-refractivity contribution is 0.0953. The Morgan fingerprint density at radius 1 is 1.64 bits per heavy atom. The molecule has 1 aromatic rings. The Morgan fingerprint density at radius 2 is 2.36 bits per heavy atom. The molecule has 1 rings (SSSR count). The number of nitrogens with two attached hydrogens (primary N) is 1. The third-order valence-electron chi connectivity index (χ3n) is 1.50. The van der Waals surface area contributed by atoms with Crippen LogP contribution in [-0.2, 0) is 0 Å². The first-order chi connectivity index (χ1) is 6.24. The molecular formula is C8H12BrClN2O2. The summed E-state index contributed by atoms with van der Waals surface area (Å²) in [7, 11) is 0. The van der Waals surface area contributed by atoms with Gasteiger partial charge in [0.15, 0.2) is 4.67 Å². The zero-order valence-electron chi connectivity index (χ0n) is 7.46. The van der Waals surface area contributed by atoms with E-state index in [4.69, 9.17) is 10.2 Å². The van der Waals surface area contributed by atoms with Crippen LogP contribution in [0.1, 0.15) is 16.8 Å². The summed E-state index contributed by atoms with van der Waals surface area (Å²) >= 11 is 3.12. The van der Waals surface area contributed by atoms with E-state index in [1.165, 1.54) is 6.26 Å². The van der Waals surface area contributed by atoms with Crippen molar-refractivity contribution >= 4 is 34.2 Å². The monoisotopic (exact) mass is 282 g/mol. The Labute approximate surface area is 96.8 Å². The van der Waals surface area contributed by atoms with Gasteiger partial charge in [-0.15, -0.1) is 12.4 Å². The fraction of sp³-hybridized carbons (Fsp3) is 0.375. The minimum absolute atomic E-state index is 0. The standard InChI is InChI=1S/C8H11BrN2O2.ClH/c9-7-4-6(5-13-7)8(12)11-3-1-2-10;/h4-5H,1-3,10H2,(H,11,12);1H. The molecule has 0 aliphatic rings. The van der Waals surface area contributed by atoms with Crippen LogP contribution < -0.4 is 11.1 Å². The van der Waals surface area contributed by atoms with Gasteiger partial charge in [-0.2, -0.15) is 0 Å².